The van der Waals surface area contributed by atoms with E-state index in [2.05, 4.69) is 15.0 Å². The van der Waals surface area contributed by atoms with E-state index in [1.807, 2.05) is 36.6 Å². The van der Waals surface area contributed by atoms with Gasteiger partial charge in [-0.1, -0.05) is 44.2 Å². The fraction of sp³-hybridized carbons (Fsp3) is 0.481. The molecule has 1 aliphatic carbocycles. The number of carbonyl (C=O) groups is 1. The van der Waals surface area contributed by atoms with Crippen LogP contribution in [0.3, 0.4) is 0 Å². The smallest absolute Gasteiger partial charge is 0.462 e. The maximum atomic E-state index is 14.5. The molecule has 3 N–H and O–H groups in total. The number of para-hydroxylation sites is 1. The Morgan fingerprint density at radius 3 is 2.55 bits per heavy atom. The SMILES string of the molecule is COc1nc(N)nc2c1ncn2[C@H]1C=C[C@@H](COP(=O)(Oc2ccccc2)N(C(C)C)C(CC(C)C)C(=O)O)C1. The van der Waals surface area contributed by atoms with Gasteiger partial charge in [-0.3, -0.25) is 9.32 Å². The summed E-state index contributed by atoms with van der Waals surface area (Å²) >= 11 is 0. The van der Waals surface area contributed by atoms with Crippen LogP contribution in [0.25, 0.3) is 11.2 Å². The van der Waals surface area contributed by atoms with E-state index in [4.69, 9.17) is 19.5 Å². The second kappa shape index (κ2) is 12.4. The Kier molecular flexibility index (Phi) is 9.12. The van der Waals surface area contributed by atoms with Crippen molar-refractivity contribution in [3.63, 3.8) is 0 Å². The minimum absolute atomic E-state index is 0.0486. The predicted octanol–water partition coefficient (Wildman–Crippen LogP) is 4.95. The van der Waals surface area contributed by atoms with Crippen molar-refractivity contribution >= 4 is 30.8 Å². The maximum Gasteiger partial charge on any atom is 0.462 e. The number of nitrogens with zero attached hydrogens (tertiary/aromatic N) is 5. The number of hydrogen-bond donors (Lipinski definition) is 2. The van der Waals surface area contributed by atoms with Gasteiger partial charge in [-0.05, 0) is 44.7 Å². The molecule has 216 valence electrons. The highest BCUT2D eigenvalue weighted by Crippen LogP contribution is 2.55. The number of ether oxygens (including phenoxy) is 1. The number of carboxylic acid groups (broad SMARTS) is 1. The van der Waals surface area contributed by atoms with Gasteiger partial charge in [0, 0.05) is 12.0 Å². The maximum absolute atomic E-state index is 14.5. The third kappa shape index (κ3) is 6.46. The predicted molar refractivity (Wildman–Crippen MR) is 151 cm³/mol. The van der Waals surface area contributed by atoms with E-state index in [0.717, 1.165) is 0 Å². The highest BCUT2D eigenvalue weighted by atomic mass is 31.2. The number of aromatic nitrogens is 4. The fourth-order valence-electron chi connectivity index (χ4n) is 4.90. The van der Waals surface area contributed by atoms with Crippen molar-refractivity contribution in [2.24, 2.45) is 11.8 Å². The first kappa shape index (κ1) is 29.5. The fourth-order valence-corrected chi connectivity index (χ4v) is 7.05. The lowest BCUT2D eigenvalue weighted by Crippen LogP contribution is -2.45. The summed E-state index contributed by atoms with van der Waals surface area (Å²) in [6, 6.07) is 7.07. The highest BCUT2D eigenvalue weighted by molar-refractivity contribution is 7.51. The lowest BCUT2D eigenvalue weighted by molar-refractivity contribution is -0.143. The molecule has 3 aromatic rings. The van der Waals surface area contributed by atoms with Crippen LogP contribution >= 0.6 is 7.75 Å². The van der Waals surface area contributed by atoms with E-state index in [-0.39, 0.29) is 36.9 Å². The summed E-state index contributed by atoms with van der Waals surface area (Å²) in [4.78, 5) is 25.2. The number of fused-ring (bicyclic) bond motifs is 1. The summed E-state index contributed by atoms with van der Waals surface area (Å²) < 4.78 is 35.2. The van der Waals surface area contributed by atoms with Gasteiger partial charge >= 0.3 is 13.7 Å². The van der Waals surface area contributed by atoms with Crippen molar-refractivity contribution in [1.82, 2.24) is 24.2 Å². The number of imidazole rings is 1. The van der Waals surface area contributed by atoms with Gasteiger partial charge in [0.2, 0.25) is 11.8 Å². The van der Waals surface area contributed by atoms with Gasteiger partial charge in [-0.2, -0.15) is 14.6 Å². The number of aliphatic carboxylic acids is 1. The van der Waals surface area contributed by atoms with Crippen molar-refractivity contribution in [1.29, 1.82) is 0 Å². The zero-order valence-corrected chi connectivity index (χ0v) is 24.3. The van der Waals surface area contributed by atoms with Crippen LogP contribution in [0.15, 0.2) is 48.8 Å². The Morgan fingerprint density at radius 2 is 1.93 bits per heavy atom. The molecular formula is C27H37N6O6P. The second-order valence-electron chi connectivity index (χ2n) is 10.5. The molecule has 2 unspecified atom stereocenters. The summed E-state index contributed by atoms with van der Waals surface area (Å²) in [6.45, 7) is 7.49. The third-order valence-electron chi connectivity index (χ3n) is 6.63. The van der Waals surface area contributed by atoms with Crippen LogP contribution in [0, 0.1) is 11.8 Å². The summed E-state index contributed by atoms with van der Waals surface area (Å²) in [6.07, 6.45) is 6.54. The number of benzene rings is 1. The lowest BCUT2D eigenvalue weighted by Gasteiger charge is -2.37. The molecule has 12 nitrogen and oxygen atoms in total. The van der Waals surface area contributed by atoms with Gasteiger partial charge in [0.1, 0.15) is 11.8 Å². The monoisotopic (exact) mass is 572 g/mol. The molecule has 2 aromatic heterocycles. The lowest BCUT2D eigenvalue weighted by atomic mass is 10.0. The Morgan fingerprint density at radius 1 is 1.20 bits per heavy atom. The van der Waals surface area contributed by atoms with Crippen molar-refractivity contribution in [3.05, 3.63) is 48.8 Å². The molecule has 4 atom stereocenters. The van der Waals surface area contributed by atoms with E-state index in [1.54, 1.807) is 44.4 Å². The summed E-state index contributed by atoms with van der Waals surface area (Å²) in [5, 5.41) is 10.1. The first-order chi connectivity index (χ1) is 19.0. The van der Waals surface area contributed by atoms with Crippen molar-refractivity contribution in [2.75, 3.05) is 19.5 Å². The summed E-state index contributed by atoms with van der Waals surface area (Å²) in [5.41, 5.74) is 6.92. The van der Waals surface area contributed by atoms with E-state index in [9.17, 15) is 14.5 Å². The number of methoxy groups -OCH3 is 1. The largest absolute Gasteiger partial charge is 0.480 e. The zero-order valence-electron chi connectivity index (χ0n) is 23.4. The van der Waals surface area contributed by atoms with Crippen molar-refractivity contribution in [3.8, 4) is 11.6 Å². The van der Waals surface area contributed by atoms with Crippen LogP contribution < -0.4 is 15.0 Å². The molecule has 0 amide bonds. The summed E-state index contributed by atoms with van der Waals surface area (Å²) in [7, 11) is -2.62. The molecule has 0 saturated carbocycles. The molecule has 0 bridgehead atoms. The Bertz CT molecular complexity index is 1390. The number of anilines is 1. The molecule has 2 heterocycles. The molecule has 1 aliphatic rings. The minimum atomic E-state index is -4.12. The van der Waals surface area contributed by atoms with E-state index in [1.165, 1.54) is 11.8 Å². The van der Waals surface area contributed by atoms with Crippen LogP contribution in [0.4, 0.5) is 5.95 Å². The van der Waals surface area contributed by atoms with Gasteiger partial charge in [0.05, 0.1) is 26.1 Å². The number of nitrogen functional groups attached to an aromatic ring is 1. The average molecular weight is 573 g/mol. The average Bonchev–Trinajstić information content (AvgIpc) is 3.53. The molecule has 0 saturated heterocycles. The highest BCUT2D eigenvalue weighted by Gasteiger charge is 2.45. The Labute approximate surface area is 233 Å². The third-order valence-corrected chi connectivity index (χ3v) is 8.86. The van der Waals surface area contributed by atoms with Crippen LogP contribution in [0.2, 0.25) is 0 Å². The van der Waals surface area contributed by atoms with Gasteiger partial charge in [0.15, 0.2) is 11.2 Å². The summed E-state index contributed by atoms with van der Waals surface area (Å²) in [5.74, 6) is -0.444. The van der Waals surface area contributed by atoms with Crippen LogP contribution in [0.1, 0.15) is 46.6 Å². The number of carboxylic acids is 1. The molecule has 4 rings (SSSR count). The van der Waals surface area contributed by atoms with Gasteiger partial charge in [-0.25, -0.2) is 9.55 Å². The van der Waals surface area contributed by atoms with Crippen molar-refractivity contribution < 1.29 is 28.3 Å². The Hall–Kier alpha value is -3.47. The molecule has 13 heteroatoms. The zero-order chi connectivity index (χ0) is 29.0. The van der Waals surface area contributed by atoms with E-state index in [0.29, 0.717) is 29.2 Å². The first-order valence-electron chi connectivity index (χ1n) is 13.3. The van der Waals surface area contributed by atoms with Crippen molar-refractivity contribution in [2.45, 2.75) is 58.7 Å². The number of nitrogens with two attached hydrogens (primary N) is 1. The topological polar surface area (TPSA) is 155 Å². The molecule has 0 spiro atoms. The number of hydrogen-bond acceptors (Lipinski definition) is 9. The van der Waals surface area contributed by atoms with Crippen LogP contribution in [-0.4, -0.2) is 61.1 Å². The second-order valence-corrected chi connectivity index (χ2v) is 12.3. The van der Waals surface area contributed by atoms with E-state index < -0.39 is 25.8 Å². The molecule has 40 heavy (non-hydrogen) atoms. The van der Waals surface area contributed by atoms with Crippen LogP contribution in [-0.2, 0) is 13.9 Å². The van der Waals surface area contributed by atoms with Gasteiger partial charge in [0.25, 0.3) is 0 Å². The number of rotatable bonds is 13. The van der Waals surface area contributed by atoms with Gasteiger partial charge in [-0.15, -0.1) is 0 Å². The molecular weight excluding hydrogens is 535 g/mol. The number of allylic oxidation sites excluding steroid dienone is 1. The van der Waals surface area contributed by atoms with Crippen LogP contribution in [0.5, 0.6) is 11.6 Å². The molecule has 0 radical (unpaired) electrons. The first-order valence-corrected chi connectivity index (χ1v) is 14.7. The Balaban J connectivity index is 1.57. The quantitative estimate of drug-likeness (QED) is 0.211. The molecule has 1 aromatic carbocycles. The standard InChI is InChI=1S/C27H37N6O6P/c1-17(2)13-22(26(34)35)33(18(3)4)40(36,39-21-9-7-6-8-10-21)38-15-19-11-12-20(14-19)32-16-29-23-24(32)30-27(28)31-25(23)37-5/h6-12,16-20,22H,13-15H2,1-5H3,(H,34,35)(H2,28,30,31)/t19-,20+,22?,40?/m1/s1. The van der Waals surface area contributed by atoms with E-state index >= 15 is 0 Å². The van der Waals surface area contributed by atoms with Gasteiger partial charge < -0.3 is 24.7 Å². The molecule has 0 fully saturated rings. The normalized spacial score (nSPS) is 19.4. The molecule has 0 aliphatic heterocycles. The minimum Gasteiger partial charge on any atom is -0.480 e.